The molecule has 1 heterocycles. The van der Waals surface area contributed by atoms with E-state index in [1.165, 1.54) is 12.1 Å². The lowest BCUT2D eigenvalue weighted by molar-refractivity contribution is 0.0796. The number of carbonyl (C=O) groups is 1. The maximum absolute atomic E-state index is 11.0. The second-order valence-electron chi connectivity index (χ2n) is 3.76. The maximum atomic E-state index is 11.0. The van der Waals surface area contributed by atoms with E-state index in [2.05, 4.69) is 4.98 Å². The molecule has 1 amide bonds. The zero-order valence-corrected chi connectivity index (χ0v) is 10.9. The third kappa shape index (κ3) is 5.54. The Hall–Kier alpha value is -1.86. The van der Waals surface area contributed by atoms with E-state index in [1.807, 2.05) is 0 Å². The van der Waals surface area contributed by atoms with Crippen LogP contribution in [0.15, 0.2) is 12.1 Å². The van der Waals surface area contributed by atoms with Crippen LogP contribution in [-0.2, 0) is 9.47 Å². The van der Waals surface area contributed by atoms with E-state index in [9.17, 15) is 4.79 Å². The van der Waals surface area contributed by atoms with Gasteiger partial charge in [0.1, 0.15) is 12.3 Å². The van der Waals surface area contributed by atoms with Gasteiger partial charge in [0.05, 0.1) is 12.3 Å². The summed E-state index contributed by atoms with van der Waals surface area (Å²) in [4.78, 5) is 14.9. The zero-order valence-electron chi connectivity index (χ0n) is 10.9. The Balaban J connectivity index is 2.32. The number of hydrogen-bond acceptors (Lipinski definition) is 6. The summed E-state index contributed by atoms with van der Waals surface area (Å²) in [6, 6.07) is 2.98. The molecule has 0 aliphatic heterocycles. The Bertz CT molecular complexity index is 412. The van der Waals surface area contributed by atoms with Crippen molar-refractivity contribution >= 4 is 11.6 Å². The van der Waals surface area contributed by atoms with E-state index in [-0.39, 0.29) is 11.6 Å². The van der Waals surface area contributed by atoms with Crippen LogP contribution in [0.3, 0.4) is 0 Å². The molecule has 0 radical (unpaired) electrons. The monoisotopic (exact) mass is 269 g/mol. The summed E-state index contributed by atoms with van der Waals surface area (Å²) in [6.07, 6.45) is 0.827. The molecule has 0 bridgehead atoms. The van der Waals surface area contributed by atoms with E-state index in [0.717, 1.165) is 6.42 Å². The van der Waals surface area contributed by atoms with E-state index in [0.29, 0.717) is 32.1 Å². The van der Waals surface area contributed by atoms with Gasteiger partial charge in [0, 0.05) is 20.3 Å². The number of ether oxygens (including phenoxy) is 3. The van der Waals surface area contributed by atoms with E-state index < -0.39 is 5.91 Å². The van der Waals surface area contributed by atoms with Gasteiger partial charge in [-0.15, -0.1) is 0 Å². The minimum absolute atomic E-state index is 0.116. The first-order chi connectivity index (χ1) is 9.15. The molecule has 1 rings (SSSR count). The average molecular weight is 269 g/mol. The summed E-state index contributed by atoms with van der Waals surface area (Å²) in [6.45, 7) is 1.97. The van der Waals surface area contributed by atoms with Gasteiger partial charge in [-0.3, -0.25) is 4.79 Å². The third-order valence-electron chi connectivity index (χ3n) is 2.25. The van der Waals surface area contributed by atoms with Gasteiger partial charge < -0.3 is 25.7 Å². The van der Waals surface area contributed by atoms with Crippen LogP contribution in [0, 0.1) is 0 Å². The van der Waals surface area contributed by atoms with Crippen LogP contribution < -0.4 is 16.2 Å². The Morgan fingerprint density at radius 2 is 2.05 bits per heavy atom. The lowest BCUT2D eigenvalue weighted by Gasteiger charge is -2.09. The molecule has 4 N–H and O–H groups in total. The standard InChI is InChI=1S/C12H19N3O4/c1-17-5-2-6-18-7-8-19-12-9(13)3-4-10(15-12)11(14)16/h3-4H,2,5-8,13H2,1H3,(H2,14,16). The van der Waals surface area contributed by atoms with Crippen molar-refractivity contribution < 1.29 is 19.0 Å². The minimum atomic E-state index is -0.624. The van der Waals surface area contributed by atoms with Crippen molar-refractivity contribution in [3.63, 3.8) is 0 Å². The maximum Gasteiger partial charge on any atom is 0.267 e. The highest BCUT2D eigenvalue weighted by Crippen LogP contribution is 2.18. The molecule has 0 aliphatic rings. The molecule has 19 heavy (non-hydrogen) atoms. The Kier molecular flexibility index (Phi) is 6.62. The number of methoxy groups -OCH3 is 1. The zero-order chi connectivity index (χ0) is 14.1. The summed E-state index contributed by atoms with van der Waals surface area (Å²) in [5, 5.41) is 0. The first-order valence-electron chi connectivity index (χ1n) is 5.91. The molecule has 0 aliphatic carbocycles. The Morgan fingerprint density at radius 1 is 1.26 bits per heavy atom. The Labute approximate surface area is 111 Å². The molecule has 0 spiro atoms. The highest BCUT2D eigenvalue weighted by Gasteiger charge is 2.07. The summed E-state index contributed by atoms with van der Waals surface area (Å²) < 4.78 is 15.5. The predicted octanol–water partition coefficient (Wildman–Crippen LogP) is 0.195. The van der Waals surface area contributed by atoms with Crippen molar-refractivity contribution in [3.8, 4) is 5.88 Å². The largest absolute Gasteiger partial charge is 0.474 e. The molecule has 7 heteroatoms. The lowest BCUT2D eigenvalue weighted by Crippen LogP contribution is -2.15. The number of nitrogens with two attached hydrogens (primary N) is 2. The molecular weight excluding hydrogens is 250 g/mol. The fourth-order valence-electron chi connectivity index (χ4n) is 1.31. The summed E-state index contributed by atoms with van der Waals surface area (Å²) in [5.74, 6) is -0.433. The van der Waals surface area contributed by atoms with Crippen molar-refractivity contribution in [1.82, 2.24) is 4.98 Å². The number of carbonyl (C=O) groups excluding carboxylic acids is 1. The lowest BCUT2D eigenvalue weighted by atomic mass is 10.3. The van der Waals surface area contributed by atoms with Crippen molar-refractivity contribution in [2.75, 3.05) is 39.3 Å². The van der Waals surface area contributed by atoms with Crippen LogP contribution in [0.2, 0.25) is 0 Å². The molecule has 0 fully saturated rings. The second kappa shape index (κ2) is 8.28. The predicted molar refractivity (Wildman–Crippen MR) is 70.0 cm³/mol. The van der Waals surface area contributed by atoms with Crippen molar-refractivity contribution in [2.45, 2.75) is 6.42 Å². The first kappa shape index (κ1) is 15.2. The summed E-state index contributed by atoms with van der Waals surface area (Å²) in [5.41, 5.74) is 11.3. The molecule has 106 valence electrons. The quantitative estimate of drug-likeness (QED) is 0.619. The van der Waals surface area contributed by atoms with Gasteiger partial charge in [-0.2, -0.15) is 0 Å². The van der Waals surface area contributed by atoms with Gasteiger partial charge >= 0.3 is 0 Å². The minimum Gasteiger partial charge on any atom is -0.474 e. The molecule has 0 saturated heterocycles. The molecule has 0 saturated carbocycles. The van der Waals surface area contributed by atoms with Gasteiger partial charge in [0.15, 0.2) is 0 Å². The highest BCUT2D eigenvalue weighted by atomic mass is 16.5. The highest BCUT2D eigenvalue weighted by molar-refractivity contribution is 5.91. The molecule has 0 atom stereocenters. The molecule has 0 unspecified atom stereocenters. The van der Waals surface area contributed by atoms with Crippen molar-refractivity contribution in [1.29, 1.82) is 0 Å². The van der Waals surface area contributed by atoms with E-state index >= 15 is 0 Å². The molecule has 0 aromatic carbocycles. The van der Waals surface area contributed by atoms with Crippen molar-refractivity contribution in [3.05, 3.63) is 17.8 Å². The normalized spacial score (nSPS) is 10.4. The van der Waals surface area contributed by atoms with Crippen LogP contribution in [-0.4, -0.2) is 44.4 Å². The molecular formula is C12H19N3O4. The number of hydrogen-bond donors (Lipinski definition) is 2. The van der Waals surface area contributed by atoms with Gasteiger partial charge in [-0.05, 0) is 18.6 Å². The summed E-state index contributed by atoms with van der Waals surface area (Å²) >= 11 is 0. The van der Waals surface area contributed by atoms with Crippen LogP contribution >= 0.6 is 0 Å². The van der Waals surface area contributed by atoms with Crippen LogP contribution in [0.5, 0.6) is 5.88 Å². The molecule has 7 nitrogen and oxygen atoms in total. The topological polar surface area (TPSA) is 110 Å². The van der Waals surface area contributed by atoms with Crippen molar-refractivity contribution in [2.24, 2.45) is 5.73 Å². The fourth-order valence-corrected chi connectivity index (χ4v) is 1.31. The smallest absolute Gasteiger partial charge is 0.267 e. The number of primary amides is 1. The number of rotatable bonds is 9. The summed E-state index contributed by atoms with van der Waals surface area (Å²) in [7, 11) is 1.64. The number of nitrogen functional groups attached to an aromatic ring is 1. The number of amides is 1. The van der Waals surface area contributed by atoms with E-state index in [4.69, 9.17) is 25.7 Å². The molecule has 1 aromatic rings. The van der Waals surface area contributed by atoms with Crippen LogP contribution in [0.4, 0.5) is 5.69 Å². The van der Waals surface area contributed by atoms with E-state index in [1.54, 1.807) is 7.11 Å². The number of anilines is 1. The second-order valence-corrected chi connectivity index (χ2v) is 3.76. The van der Waals surface area contributed by atoms with Crippen LogP contribution in [0.1, 0.15) is 16.9 Å². The number of aromatic nitrogens is 1. The number of nitrogens with zero attached hydrogens (tertiary/aromatic N) is 1. The SMILES string of the molecule is COCCCOCCOc1nc(C(N)=O)ccc1N. The van der Waals surface area contributed by atoms with Gasteiger partial charge in [-0.1, -0.05) is 0 Å². The number of pyridine rings is 1. The van der Waals surface area contributed by atoms with Gasteiger partial charge in [0.2, 0.25) is 5.88 Å². The van der Waals surface area contributed by atoms with Crippen LogP contribution in [0.25, 0.3) is 0 Å². The average Bonchev–Trinajstić information content (AvgIpc) is 2.39. The first-order valence-corrected chi connectivity index (χ1v) is 5.91. The fraction of sp³-hybridized carbons (Fsp3) is 0.500. The molecule has 1 aromatic heterocycles. The van der Waals surface area contributed by atoms with Gasteiger partial charge in [-0.25, -0.2) is 4.98 Å². The van der Waals surface area contributed by atoms with Gasteiger partial charge in [0.25, 0.3) is 5.91 Å². The Morgan fingerprint density at radius 3 is 2.74 bits per heavy atom. The third-order valence-corrected chi connectivity index (χ3v) is 2.25.